The van der Waals surface area contributed by atoms with E-state index in [2.05, 4.69) is 21.4 Å². The molecule has 0 saturated heterocycles. The first-order valence-corrected chi connectivity index (χ1v) is 10.4. The van der Waals surface area contributed by atoms with Gasteiger partial charge in [-0.2, -0.15) is 10.5 Å². The summed E-state index contributed by atoms with van der Waals surface area (Å²) >= 11 is 2.68. The topological polar surface area (TPSA) is 128 Å². The van der Waals surface area contributed by atoms with Gasteiger partial charge in [-0.1, -0.05) is 6.07 Å². The number of aromatic nitrogens is 2. The maximum atomic E-state index is 12.2. The molecule has 3 aromatic rings. The summed E-state index contributed by atoms with van der Waals surface area (Å²) in [5.41, 5.74) is 7.95. The summed E-state index contributed by atoms with van der Waals surface area (Å²) < 4.78 is 0. The summed E-state index contributed by atoms with van der Waals surface area (Å²) in [4.78, 5) is 21.3. The van der Waals surface area contributed by atoms with Crippen molar-refractivity contribution in [3.05, 3.63) is 52.5 Å². The van der Waals surface area contributed by atoms with Gasteiger partial charge in [-0.05, 0) is 36.1 Å². The lowest BCUT2D eigenvalue weighted by molar-refractivity contribution is -0.115. The van der Waals surface area contributed by atoms with E-state index in [4.69, 9.17) is 5.73 Å². The molecule has 0 aliphatic heterocycles. The van der Waals surface area contributed by atoms with E-state index in [9.17, 15) is 15.3 Å². The lowest BCUT2D eigenvalue weighted by Crippen LogP contribution is -2.13. The molecule has 0 aliphatic rings. The molecule has 0 radical (unpaired) electrons. The molecule has 7 nitrogen and oxygen atoms in total. The van der Waals surface area contributed by atoms with Gasteiger partial charge in [-0.25, -0.2) is 9.97 Å². The van der Waals surface area contributed by atoms with Crippen molar-refractivity contribution < 1.29 is 4.79 Å². The maximum Gasteiger partial charge on any atom is 0.226 e. The van der Waals surface area contributed by atoms with Crippen LogP contribution in [-0.2, 0) is 4.79 Å². The molecule has 0 saturated carbocycles. The van der Waals surface area contributed by atoms with E-state index in [1.54, 1.807) is 12.3 Å². The van der Waals surface area contributed by atoms with Crippen molar-refractivity contribution in [1.82, 2.24) is 9.97 Å². The number of nitriles is 2. The molecular weight excluding hydrogens is 404 g/mol. The molecule has 0 unspecified atom stereocenters. The number of thioether (sulfide) groups is 1. The number of aryl methyl sites for hydroxylation is 1. The Labute approximate surface area is 176 Å². The molecule has 3 N–H and O–H groups in total. The Kier molecular flexibility index (Phi) is 6.45. The van der Waals surface area contributed by atoms with Crippen LogP contribution in [0.15, 0.2) is 40.9 Å². The number of anilines is 2. The van der Waals surface area contributed by atoms with Crippen LogP contribution in [0.5, 0.6) is 0 Å². The van der Waals surface area contributed by atoms with E-state index >= 15 is 0 Å². The number of nitrogens with two attached hydrogens (primary N) is 1. The molecule has 9 heteroatoms. The van der Waals surface area contributed by atoms with Gasteiger partial charge >= 0.3 is 0 Å². The number of hydrogen-bond donors (Lipinski definition) is 2. The number of amides is 1. The zero-order valence-electron chi connectivity index (χ0n) is 15.5. The Morgan fingerprint density at radius 1 is 1.31 bits per heavy atom. The Morgan fingerprint density at radius 3 is 2.76 bits per heavy atom. The molecule has 29 heavy (non-hydrogen) atoms. The van der Waals surface area contributed by atoms with Gasteiger partial charge in [0, 0.05) is 28.8 Å². The van der Waals surface area contributed by atoms with E-state index in [1.807, 2.05) is 36.6 Å². The second-order valence-corrected chi connectivity index (χ2v) is 8.02. The lowest BCUT2D eigenvalue weighted by atomic mass is 10.0. The van der Waals surface area contributed by atoms with Gasteiger partial charge in [0.2, 0.25) is 5.91 Å². The second-order valence-electron chi connectivity index (χ2n) is 5.99. The molecule has 0 bridgehead atoms. The van der Waals surface area contributed by atoms with Crippen molar-refractivity contribution in [2.24, 2.45) is 0 Å². The Balaban J connectivity index is 1.77. The Morgan fingerprint density at radius 2 is 2.10 bits per heavy atom. The Hall–Kier alpha value is -3.40. The van der Waals surface area contributed by atoms with Crippen molar-refractivity contribution in [2.75, 3.05) is 16.8 Å². The quantitative estimate of drug-likeness (QED) is 0.577. The number of carbonyl (C=O) groups excluding carboxylic acids is 1. The SMILES string of the molecule is Cc1ccnc(NC(=O)CCSc2nc(N)c(C#N)c(-c3cccs3)c2C#N)c1. The van der Waals surface area contributed by atoms with Crippen LogP contribution in [0.4, 0.5) is 11.6 Å². The fourth-order valence-electron chi connectivity index (χ4n) is 2.62. The highest BCUT2D eigenvalue weighted by Crippen LogP contribution is 2.37. The Bertz CT molecular complexity index is 1130. The summed E-state index contributed by atoms with van der Waals surface area (Å²) in [6, 6.07) is 11.5. The van der Waals surface area contributed by atoms with Crippen LogP contribution in [0.3, 0.4) is 0 Å². The van der Waals surface area contributed by atoms with Crippen molar-refractivity contribution in [3.63, 3.8) is 0 Å². The van der Waals surface area contributed by atoms with E-state index < -0.39 is 0 Å². The fourth-order valence-corrected chi connectivity index (χ4v) is 4.34. The van der Waals surface area contributed by atoms with Crippen LogP contribution in [0.2, 0.25) is 0 Å². The van der Waals surface area contributed by atoms with Gasteiger partial charge in [0.15, 0.2) is 0 Å². The summed E-state index contributed by atoms with van der Waals surface area (Å²) in [6.45, 7) is 1.92. The van der Waals surface area contributed by atoms with E-state index in [0.717, 1.165) is 10.4 Å². The highest BCUT2D eigenvalue weighted by molar-refractivity contribution is 7.99. The van der Waals surface area contributed by atoms with Gasteiger partial charge in [0.1, 0.15) is 34.4 Å². The molecular formula is C20H16N6OS2. The number of rotatable bonds is 6. The number of hydrogen-bond acceptors (Lipinski definition) is 8. The third-order valence-electron chi connectivity index (χ3n) is 3.93. The molecule has 0 spiro atoms. The molecule has 0 aliphatic carbocycles. The highest BCUT2D eigenvalue weighted by atomic mass is 32.2. The maximum absolute atomic E-state index is 12.2. The zero-order chi connectivity index (χ0) is 20.8. The average Bonchev–Trinajstić information content (AvgIpc) is 3.22. The van der Waals surface area contributed by atoms with Crippen LogP contribution in [0, 0.1) is 29.6 Å². The first-order chi connectivity index (χ1) is 14.0. The van der Waals surface area contributed by atoms with Gasteiger partial charge in [0.25, 0.3) is 0 Å². The summed E-state index contributed by atoms with van der Waals surface area (Å²) in [6.07, 6.45) is 1.84. The van der Waals surface area contributed by atoms with Gasteiger partial charge in [-0.15, -0.1) is 23.1 Å². The normalized spacial score (nSPS) is 10.2. The fraction of sp³-hybridized carbons (Fsp3) is 0.150. The molecule has 3 heterocycles. The van der Waals surface area contributed by atoms with Crippen LogP contribution in [0.1, 0.15) is 23.1 Å². The molecule has 144 valence electrons. The summed E-state index contributed by atoms with van der Waals surface area (Å²) in [7, 11) is 0. The molecule has 1 amide bonds. The molecule has 3 aromatic heterocycles. The van der Waals surface area contributed by atoms with E-state index in [0.29, 0.717) is 27.7 Å². The summed E-state index contributed by atoms with van der Waals surface area (Å²) in [5.74, 6) is 0.785. The predicted octanol–water partition coefficient (Wildman–Crippen LogP) is 3.96. The number of nitrogens with one attached hydrogen (secondary N) is 1. The van der Waals surface area contributed by atoms with Gasteiger partial charge in [-0.3, -0.25) is 4.79 Å². The first kappa shape index (κ1) is 20.3. The van der Waals surface area contributed by atoms with E-state index in [1.165, 1.54) is 23.1 Å². The second kappa shape index (κ2) is 9.20. The zero-order valence-corrected chi connectivity index (χ0v) is 17.1. The smallest absolute Gasteiger partial charge is 0.226 e. The molecule has 0 atom stereocenters. The van der Waals surface area contributed by atoms with Gasteiger partial charge in [0.05, 0.1) is 5.56 Å². The van der Waals surface area contributed by atoms with E-state index in [-0.39, 0.29) is 23.7 Å². The number of carbonyl (C=O) groups is 1. The van der Waals surface area contributed by atoms with Crippen molar-refractivity contribution in [3.8, 4) is 22.6 Å². The summed E-state index contributed by atoms with van der Waals surface area (Å²) in [5, 5.41) is 24.2. The molecule has 3 rings (SSSR count). The van der Waals surface area contributed by atoms with Crippen LogP contribution >= 0.6 is 23.1 Å². The number of thiophene rings is 1. The average molecular weight is 421 g/mol. The van der Waals surface area contributed by atoms with Crippen molar-refractivity contribution in [1.29, 1.82) is 10.5 Å². The first-order valence-electron chi connectivity index (χ1n) is 8.56. The minimum atomic E-state index is -0.186. The monoisotopic (exact) mass is 420 g/mol. The third-order valence-corrected chi connectivity index (χ3v) is 5.80. The highest BCUT2D eigenvalue weighted by Gasteiger charge is 2.21. The van der Waals surface area contributed by atoms with Crippen LogP contribution < -0.4 is 11.1 Å². The number of nitrogens with zero attached hydrogens (tertiary/aromatic N) is 4. The number of pyridine rings is 2. The number of nitrogen functional groups attached to an aromatic ring is 1. The largest absolute Gasteiger partial charge is 0.383 e. The standard InChI is InChI=1S/C20H16N6OS2/c1-12-4-6-24-16(9-12)25-17(27)5-8-29-20-14(11-22)18(15-3-2-7-28-15)13(10-21)19(23)26-20/h2-4,6-7,9H,5,8H2,1H3,(H2,23,26)(H,24,25,27). The van der Waals surface area contributed by atoms with Crippen molar-refractivity contribution in [2.45, 2.75) is 18.4 Å². The lowest BCUT2D eigenvalue weighted by Gasteiger charge is -2.11. The minimum absolute atomic E-state index is 0.0748. The van der Waals surface area contributed by atoms with Crippen LogP contribution in [0.25, 0.3) is 10.4 Å². The van der Waals surface area contributed by atoms with Gasteiger partial charge < -0.3 is 11.1 Å². The predicted molar refractivity (Wildman–Crippen MR) is 114 cm³/mol. The third kappa shape index (κ3) is 4.72. The minimum Gasteiger partial charge on any atom is -0.383 e. The van der Waals surface area contributed by atoms with Crippen LogP contribution in [-0.4, -0.2) is 21.6 Å². The van der Waals surface area contributed by atoms with Crippen molar-refractivity contribution >= 4 is 40.6 Å². The molecule has 0 fully saturated rings. The molecule has 0 aromatic carbocycles.